The molecule has 0 spiro atoms. The van der Waals surface area contributed by atoms with E-state index < -0.39 is 0 Å². The molecule has 1 N–H and O–H groups in total. The standard InChI is InChI=1S/C16H15BrN4/c1-12-18-8-9-21(12)16-15(6-3-7-19-16)20-11-13-4-2-5-14(17)10-13/h2-10,20H,11H2,1H3. The van der Waals surface area contributed by atoms with E-state index in [0.29, 0.717) is 0 Å². The van der Waals surface area contributed by atoms with Gasteiger partial charge < -0.3 is 5.32 Å². The minimum atomic E-state index is 0.742. The number of halogens is 1. The predicted octanol–water partition coefficient (Wildman–Crippen LogP) is 3.95. The molecule has 0 unspecified atom stereocenters. The first-order chi connectivity index (χ1) is 10.2. The molecule has 0 radical (unpaired) electrons. The van der Waals surface area contributed by atoms with E-state index in [-0.39, 0.29) is 0 Å². The molecule has 1 aromatic carbocycles. The van der Waals surface area contributed by atoms with Gasteiger partial charge in [-0.3, -0.25) is 4.57 Å². The van der Waals surface area contributed by atoms with Gasteiger partial charge in [-0.05, 0) is 36.8 Å². The van der Waals surface area contributed by atoms with Crippen molar-refractivity contribution in [2.45, 2.75) is 13.5 Å². The second kappa shape index (κ2) is 6.10. The summed E-state index contributed by atoms with van der Waals surface area (Å²) in [5.41, 5.74) is 2.19. The van der Waals surface area contributed by atoms with Crippen LogP contribution in [0.15, 0.2) is 59.5 Å². The molecule has 0 aliphatic heterocycles. The maximum Gasteiger partial charge on any atom is 0.161 e. The zero-order valence-electron chi connectivity index (χ0n) is 11.6. The molecule has 0 amide bonds. The zero-order valence-corrected chi connectivity index (χ0v) is 13.2. The molecule has 0 atom stereocenters. The molecule has 2 aromatic heterocycles. The van der Waals surface area contributed by atoms with E-state index in [2.05, 4.69) is 43.3 Å². The van der Waals surface area contributed by atoms with Crippen LogP contribution in [0.3, 0.4) is 0 Å². The third-order valence-electron chi connectivity index (χ3n) is 3.21. The molecule has 0 bridgehead atoms. The Labute approximate surface area is 132 Å². The molecule has 2 heterocycles. The summed E-state index contributed by atoms with van der Waals surface area (Å²) in [5, 5.41) is 3.44. The van der Waals surface area contributed by atoms with Crippen LogP contribution in [0.1, 0.15) is 11.4 Å². The fourth-order valence-corrected chi connectivity index (χ4v) is 2.62. The quantitative estimate of drug-likeness (QED) is 0.780. The van der Waals surface area contributed by atoms with Crippen LogP contribution in [-0.2, 0) is 6.54 Å². The van der Waals surface area contributed by atoms with E-state index in [0.717, 1.165) is 28.3 Å². The van der Waals surface area contributed by atoms with E-state index in [1.165, 1.54) is 5.56 Å². The van der Waals surface area contributed by atoms with E-state index in [4.69, 9.17) is 0 Å². The zero-order chi connectivity index (χ0) is 14.7. The van der Waals surface area contributed by atoms with Crippen molar-refractivity contribution in [3.8, 4) is 5.82 Å². The molecule has 0 saturated heterocycles. The molecule has 3 aromatic rings. The molecule has 21 heavy (non-hydrogen) atoms. The first-order valence-electron chi connectivity index (χ1n) is 6.68. The van der Waals surface area contributed by atoms with Gasteiger partial charge in [-0.2, -0.15) is 0 Å². The Bertz CT molecular complexity index is 751. The summed E-state index contributed by atoms with van der Waals surface area (Å²) in [5.74, 6) is 1.78. The van der Waals surface area contributed by atoms with Gasteiger partial charge in [0.15, 0.2) is 5.82 Å². The van der Waals surface area contributed by atoms with Crippen molar-refractivity contribution in [2.75, 3.05) is 5.32 Å². The van der Waals surface area contributed by atoms with Crippen molar-refractivity contribution < 1.29 is 0 Å². The maximum atomic E-state index is 4.46. The lowest BCUT2D eigenvalue weighted by Crippen LogP contribution is -2.06. The Morgan fingerprint density at radius 1 is 1.14 bits per heavy atom. The van der Waals surface area contributed by atoms with Gasteiger partial charge in [-0.1, -0.05) is 28.1 Å². The Hall–Kier alpha value is -2.14. The average Bonchev–Trinajstić information content (AvgIpc) is 2.91. The monoisotopic (exact) mass is 342 g/mol. The normalized spacial score (nSPS) is 10.6. The summed E-state index contributed by atoms with van der Waals surface area (Å²) in [7, 11) is 0. The first-order valence-corrected chi connectivity index (χ1v) is 7.47. The molecule has 0 saturated carbocycles. The molecule has 3 rings (SSSR count). The van der Waals surface area contributed by atoms with Crippen LogP contribution in [0.4, 0.5) is 5.69 Å². The number of benzene rings is 1. The predicted molar refractivity (Wildman–Crippen MR) is 87.6 cm³/mol. The highest BCUT2D eigenvalue weighted by atomic mass is 79.9. The van der Waals surface area contributed by atoms with Gasteiger partial charge in [0.05, 0.1) is 5.69 Å². The fraction of sp³-hybridized carbons (Fsp3) is 0.125. The maximum absolute atomic E-state index is 4.46. The molecule has 0 aliphatic carbocycles. The van der Waals surface area contributed by atoms with Crippen molar-refractivity contribution in [2.24, 2.45) is 0 Å². The largest absolute Gasteiger partial charge is 0.378 e. The number of rotatable bonds is 4. The number of aromatic nitrogens is 3. The second-order valence-corrected chi connectivity index (χ2v) is 5.62. The minimum absolute atomic E-state index is 0.742. The fourth-order valence-electron chi connectivity index (χ4n) is 2.17. The average molecular weight is 343 g/mol. The summed E-state index contributed by atoms with van der Waals surface area (Å²) in [6, 6.07) is 12.2. The molecule has 106 valence electrons. The van der Waals surface area contributed by atoms with Gasteiger partial charge in [0.25, 0.3) is 0 Å². The summed E-state index contributed by atoms with van der Waals surface area (Å²) >= 11 is 3.49. The van der Waals surface area contributed by atoms with E-state index in [9.17, 15) is 0 Å². The summed E-state index contributed by atoms with van der Waals surface area (Å²) in [4.78, 5) is 8.72. The van der Waals surface area contributed by atoms with Crippen LogP contribution < -0.4 is 5.32 Å². The number of hydrogen-bond acceptors (Lipinski definition) is 3. The van der Waals surface area contributed by atoms with E-state index in [1.807, 2.05) is 42.0 Å². The molecular formula is C16H15BrN4. The number of pyridine rings is 1. The van der Waals surface area contributed by atoms with Crippen LogP contribution >= 0.6 is 15.9 Å². The highest BCUT2D eigenvalue weighted by molar-refractivity contribution is 9.10. The van der Waals surface area contributed by atoms with Crippen molar-refractivity contribution >= 4 is 21.6 Å². The van der Waals surface area contributed by atoms with Gasteiger partial charge in [0.2, 0.25) is 0 Å². The van der Waals surface area contributed by atoms with Crippen molar-refractivity contribution in [1.82, 2.24) is 14.5 Å². The highest BCUT2D eigenvalue weighted by Crippen LogP contribution is 2.20. The molecule has 0 aliphatic rings. The second-order valence-electron chi connectivity index (χ2n) is 4.70. The molecule has 5 heteroatoms. The SMILES string of the molecule is Cc1nccn1-c1ncccc1NCc1cccc(Br)c1. The van der Waals surface area contributed by atoms with Crippen LogP contribution in [-0.4, -0.2) is 14.5 Å². The molecule has 4 nitrogen and oxygen atoms in total. The number of hydrogen-bond donors (Lipinski definition) is 1. The van der Waals surface area contributed by atoms with Gasteiger partial charge in [-0.15, -0.1) is 0 Å². The van der Waals surface area contributed by atoms with Crippen LogP contribution in [0.5, 0.6) is 0 Å². The van der Waals surface area contributed by atoms with Gasteiger partial charge in [0, 0.05) is 29.6 Å². The lowest BCUT2D eigenvalue weighted by Gasteiger charge is -2.12. The van der Waals surface area contributed by atoms with Gasteiger partial charge in [-0.25, -0.2) is 9.97 Å². The lowest BCUT2D eigenvalue weighted by molar-refractivity contribution is 0.929. The smallest absolute Gasteiger partial charge is 0.161 e. The summed E-state index contributed by atoms with van der Waals surface area (Å²) in [6.45, 7) is 2.71. The molecule has 0 fully saturated rings. The lowest BCUT2D eigenvalue weighted by atomic mass is 10.2. The third kappa shape index (κ3) is 3.13. The Balaban J connectivity index is 1.85. The number of nitrogens with zero attached hydrogens (tertiary/aromatic N) is 3. The van der Waals surface area contributed by atoms with Crippen molar-refractivity contribution in [1.29, 1.82) is 0 Å². The Kier molecular flexibility index (Phi) is 4.01. The molecular weight excluding hydrogens is 328 g/mol. The number of aryl methyl sites for hydroxylation is 1. The first kappa shape index (κ1) is 13.8. The minimum Gasteiger partial charge on any atom is -0.378 e. The Morgan fingerprint density at radius 2 is 2.05 bits per heavy atom. The van der Waals surface area contributed by atoms with Crippen LogP contribution in [0.25, 0.3) is 5.82 Å². The Morgan fingerprint density at radius 3 is 2.81 bits per heavy atom. The van der Waals surface area contributed by atoms with Gasteiger partial charge >= 0.3 is 0 Å². The number of anilines is 1. The van der Waals surface area contributed by atoms with Crippen molar-refractivity contribution in [3.63, 3.8) is 0 Å². The third-order valence-corrected chi connectivity index (χ3v) is 3.71. The topological polar surface area (TPSA) is 42.7 Å². The summed E-state index contributed by atoms with van der Waals surface area (Å²) in [6.07, 6.45) is 5.49. The van der Waals surface area contributed by atoms with Crippen LogP contribution in [0, 0.1) is 6.92 Å². The van der Waals surface area contributed by atoms with E-state index in [1.54, 1.807) is 12.4 Å². The van der Waals surface area contributed by atoms with Crippen LogP contribution in [0.2, 0.25) is 0 Å². The number of imidazole rings is 1. The summed E-state index contributed by atoms with van der Waals surface area (Å²) < 4.78 is 3.06. The van der Waals surface area contributed by atoms with E-state index >= 15 is 0 Å². The highest BCUT2D eigenvalue weighted by Gasteiger charge is 2.07. The van der Waals surface area contributed by atoms with Gasteiger partial charge in [0.1, 0.15) is 5.82 Å². The van der Waals surface area contributed by atoms with Crippen molar-refractivity contribution in [3.05, 3.63) is 70.8 Å². The number of nitrogens with one attached hydrogen (secondary N) is 1.